The molecule has 0 aromatic carbocycles. The van der Waals surface area contributed by atoms with Crippen molar-refractivity contribution in [1.82, 2.24) is 0 Å². The molecule has 2 aliphatic carbocycles. The summed E-state index contributed by atoms with van der Waals surface area (Å²) in [5.41, 5.74) is 5.79. The highest BCUT2D eigenvalue weighted by molar-refractivity contribution is 5.85. The van der Waals surface area contributed by atoms with Crippen LogP contribution in [0.5, 0.6) is 0 Å². The van der Waals surface area contributed by atoms with E-state index < -0.39 is 0 Å². The maximum atomic E-state index is 12.5. The Balaban J connectivity index is 1.91. The Morgan fingerprint density at radius 3 is 2.18 bits per heavy atom. The van der Waals surface area contributed by atoms with Crippen molar-refractivity contribution >= 4 is 5.78 Å². The Bertz CT molecular complexity index is 250. The van der Waals surface area contributed by atoms with Gasteiger partial charge in [0.1, 0.15) is 5.78 Å². The van der Waals surface area contributed by atoms with Gasteiger partial charge in [-0.25, -0.2) is 0 Å². The minimum Gasteiger partial charge on any atom is -0.329 e. The number of hydrogen-bond donors (Lipinski definition) is 1. The molecule has 0 atom stereocenters. The summed E-state index contributed by atoms with van der Waals surface area (Å²) in [6, 6.07) is 0. The lowest BCUT2D eigenvalue weighted by molar-refractivity contribution is -0.131. The van der Waals surface area contributed by atoms with Crippen molar-refractivity contribution in [3.8, 4) is 0 Å². The predicted molar refractivity (Wildman–Crippen MR) is 70.8 cm³/mol. The van der Waals surface area contributed by atoms with E-state index in [0.29, 0.717) is 18.2 Å². The van der Waals surface area contributed by atoms with Crippen molar-refractivity contribution in [2.45, 2.75) is 70.6 Å². The van der Waals surface area contributed by atoms with Crippen LogP contribution in [0.3, 0.4) is 0 Å². The van der Waals surface area contributed by atoms with Crippen LogP contribution in [0.4, 0.5) is 0 Å². The second-order valence-corrected chi connectivity index (χ2v) is 6.18. The summed E-state index contributed by atoms with van der Waals surface area (Å²) in [4.78, 5) is 12.5. The molecule has 0 heterocycles. The first-order valence-electron chi connectivity index (χ1n) is 7.50. The van der Waals surface area contributed by atoms with Crippen molar-refractivity contribution in [2.24, 2.45) is 17.1 Å². The molecule has 0 unspecified atom stereocenters. The van der Waals surface area contributed by atoms with Crippen LogP contribution >= 0.6 is 0 Å². The third-order valence-corrected chi connectivity index (χ3v) is 4.99. The maximum Gasteiger partial charge on any atom is 0.140 e. The Morgan fingerprint density at radius 1 is 1.00 bits per heavy atom. The molecule has 0 aromatic rings. The first kappa shape index (κ1) is 13.1. The molecule has 17 heavy (non-hydrogen) atoms. The summed E-state index contributed by atoms with van der Waals surface area (Å²) < 4.78 is 0. The Kier molecular flexibility index (Phi) is 4.61. The molecule has 2 nitrogen and oxygen atoms in total. The van der Waals surface area contributed by atoms with Gasteiger partial charge in [-0.05, 0) is 18.8 Å². The molecule has 2 heteroatoms. The highest BCUT2D eigenvalue weighted by atomic mass is 16.1. The summed E-state index contributed by atoms with van der Waals surface area (Å²) in [7, 11) is 0. The van der Waals surface area contributed by atoms with Gasteiger partial charge in [0, 0.05) is 18.4 Å². The number of ketones is 1. The summed E-state index contributed by atoms with van der Waals surface area (Å²) in [6.07, 6.45) is 13.2. The summed E-state index contributed by atoms with van der Waals surface area (Å²) in [5, 5.41) is 0. The number of Topliss-reactive ketones (excluding diaryl/α,β-unsaturated/α-hetero) is 1. The van der Waals surface area contributed by atoms with Crippen LogP contribution in [-0.2, 0) is 4.79 Å². The van der Waals surface area contributed by atoms with Gasteiger partial charge in [-0.2, -0.15) is 0 Å². The van der Waals surface area contributed by atoms with Gasteiger partial charge in [0.2, 0.25) is 0 Å². The smallest absolute Gasteiger partial charge is 0.140 e. The molecular formula is C15H27NO. The average Bonchev–Trinajstić information content (AvgIpc) is 2.40. The third kappa shape index (κ3) is 3.09. The molecule has 2 N–H and O–H groups in total. The minimum absolute atomic E-state index is 0.129. The van der Waals surface area contributed by atoms with Crippen molar-refractivity contribution in [1.29, 1.82) is 0 Å². The van der Waals surface area contributed by atoms with Crippen molar-refractivity contribution in [2.75, 3.05) is 6.54 Å². The van der Waals surface area contributed by atoms with E-state index in [-0.39, 0.29) is 5.41 Å². The highest BCUT2D eigenvalue weighted by Gasteiger charge is 2.38. The molecule has 0 amide bonds. The lowest BCUT2D eigenvalue weighted by Crippen LogP contribution is -2.41. The lowest BCUT2D eigenvalue weighted by Gasteiger charge is -2.36. The maximum absolute atomic E-state index is 12.5. The molecule has 98 valence electrons. The molecule has 0 radical (unpaired) electrons. The van der Waals surface area contributed by atoms with E-state index in [0.717, 1.165) is 19.3 Å². The zero-order valence-corrected chi connectivity index (χ0v) is 11.0. The van der Waals surface area contributed by atoms with Crippen LogP contribution < -0.4 is 5.73 Å². The van der Waals surface area contributed by atoms with Crippen LogP contribution in [-0.4, -0.2) is 12.3 Å². The molecule has 2 saturated carbocycles. The monoisotopic (exact) mass is 237 g/mol. The normalized spacial score (nSPS) is 25.7. The largest absolute Gasteiger partial charge is 0.329 e. The number of carbonyl (C=O) groups excluding carboxylic acids is 1. The second kappa shape index (κ2) is 5.99. The minimum atomic E-state index is -0.129. The fourth-order valence-electron chi connectivity index (χ4n) is 3.70. The number of nitrogens with two attached hydrogens (primary N) is 1. The van der Waals surface area contributed by atoms with Gasteiger partial charge in [0.25, 0.3) is 0 Å². The first-order valence-corrected chi connectivity index (χ1v) is 7.50. The van der Waals surface area contributed by atoms with Crippen molar-refractivity contribution in [3.05, 3.63) is 0 Å². The third-order valence-electron chi connectivity index (χ3n) is 4.99. The van der Waals surface area contributed by atoms with Gasteiger partial charge < -0.3 is 5.73 Å². The van der Waals surface area contributed by atoms with Gasteiger partial charge in [0.05, 0.1) is 0 Å². The Labute approximate surface area is 105 Å². The van der Waals surface area contributed by atoms with Gasteiger partial charge in [-0.3, -0.25) is 4.79 Å². The van der Waals surface area contributed by atoms with E-state index in [1.54, 1.807) is 0 Å². The predicted octanol–water partition coefficient (Wildman–Crippen LogP) is 3.44. The van der Waals surface area contributed by atoms with Crippen molar-refractivity contribution < 1.29 is 4.79 Å². The van der Waals surface area contributed by atoms with Crippen LogP contribution in [0, 0.1) is 11.3 Å². The van der Waals surface area contributed by atoms with Gasteiger partial charge >= 0.3 is 0 Å². The van der Waals surface area contributed by atoms with E-state index in [1.165, 1.54) is 51.4 Å². The molecule has 2 aliphatic rings. The molecular weight excluding hydrogens is 210 g/mol. The van der Waals surface area contributed by atoms with Gasteiger partial charge in [-0.15, -0.1) is 0 Å². The number of rotatable bonds is 4. The van der Waals surface area contributed by atoms with E-state index in [1.807, 2.05) is 0 Å². The van der Waals surface area contributed by atoms with Crippen LogP contribution in [0.1, 0.15) is 70.6 Å². The SMILES string of the molecule is NCC1(C(=O)CC2CCCCC2)CCCCC1. The van der Waals surface area contributed by atoms with Crippen LogP contribution in [0.15, 0.2) is 0 Å². The van der Waals surface area contributed by atoms with E-state index in [4.69, 9.17) is 5.73 Å². The first-order chi connectivity index (χ1) is 8.27. The van der Waals surface area contributed by atoms with Crippen LogP contribution in [0.2, 0.25) is 0 Å². The van der Waals surface area contributed by atoms with E-state index in [9.17, 15) is 4.79 Å². The fourth-order valence-corrected chi connectivity index (χ4v) is 3.70. The highest BCUT2D eigenvalue weighted by Crippen LogP contribution is 2.39. The average molecular weight is 237 g/mol. The number of carbonyl (C=O) groups is 1. The Hall–Kier alpha value is -0.370. The topological polar surface area (TPSA) is 43.1 Å². The molecule has 2 fully saturated rings. The second-order valence-electron chi connectivity index (χ2n) is 6.18. The molecule has 0 aromatic heterocycles. The molecule has 2 rings (SSSR count). The van der Waals surface area contributed by atoms with E-state index >= 15 is 0 Å². The quantitative estimate of drug-likeness (QED) is 0.814. The number of hydrogen-bond acceptors (Lipinski definition) is 2. The molecule has 0 bridgehead atoms. The standard InChI is InChI=1S/C15H27NO/c16-12-15(9-5-2-6-10-15)14(17)11-13-7-3-1-4-8-13/h13H,1-12,16H2. The molecule has 0 saturated heterocycles. The van der Waals surface area contributed by atoms with Gasteiger partial charge in [0.15, 0.2) is 0 Å². The van der Waals surface area contributed by atoms with Gasteiger partial charge in [-0.1, -0.05) is 51.4 Å². The summed E-state index contributed by atoms with van der Waals surface area (Å²) >= 11 is 0. The lowest BCUT2D eigenvalue weighted by atomic mass is 9.68. The van der Waals surface area contributed by atoms with Crippen molar-refractivity contribution in [3.63, 3.8) is 0 Å². The fraction of sp³-hybridized carbons (Fsp3) is 0.933. The zero-order valence-electron chi connectivity index (χ0n) is 11.0. The molecule has 0 aliphatic heterocycles. The summed E-state index contributed by atoms with van der Waals surface area (Å²) in [5.74, 6) is 1.16. The summed E-state index contributed by atoms with van der Waals surface area (Å²) in [6.45, 7) is 0.582. The van der Waals surface area contributed by atoms with E-state index in [2.05, 4.69) is 0 Å². The zero-order chi connectivity index (χ0) is 12.1. The van der Waals surface area contributed by atoms with Crippen LogP contribution in [0.25, 0.3) is 0 Å². The molecule has 0 spiro atoms. The Morgan fingerprint density at radius 2 is 1.59 bits per heavy atom.